The summed E-state index contributed by atoms with van der Waals surface area (Å²) in [4.78, 5) is 15.7. The van der Waals surface area contributed by atoms with E-state index in [0.717, 1.165) is 21.9 Å². The molecule has 1 aromatic heterocycles. The van der Waals surface area contributed by atoms with Gasteiger partial charge in [0.05, 0.1) is 7.11 Å². The number of hydrogen-bond donors (Lipinski definition) is 0. The number of aryl methyl sites for hydroxylation is 1. The number of thioether (sulfide) groups is 1. The van der Waals surface area contributed by atoms with Crippen molar-refractivity contribution in [3.63, 3.8) is 0 Å². The zero-order valence-electron chi connectivity index (χ0n) is 14.4. The first kappa shape index (κ1) is 17.8. The number of hydrogen-bond acceptors (Lipinski definition) is 5. The molecule has 1 heterocycles. The van der Waals surface area contributed by atoms with E-state index >= 15 is 0 Å². The molecule has 25 heavy (non-hydrogen) atoms. The Morgan fingerprint density at radius 3 is 2.72 bits per heavy atom. The van der Waals surface area contributed by atoms with Gasteiger partial charge < -0.3 is 9.47 Å². The molecule has 0 radical (unpaired) electrons. The summed E-state index contributed by atoms with van der Waals surface area (Å²) < 4.78 is 10.6. The van der Waals surface area contributed by atoms with Gasteiger partial charge in [-0.25, -0.2) is 4.98 Å². The molecular weight excluding hydrogens is 334 g/mol. The van der Waals surface area contributed by atoms with Gasteiger partial charge in [0.1, 0.15) is 17.4 Å². The van der Waals surface area contributed by atoms with Crippen LogP contribution in [0.3, 0.4) is 0 Å². The van der Waals surface area contributed by atoms with Gasteiger partial charge in [0, 0.05) is 23.4 Å². The second kappa shape index (κ2) is 8.90. The monoisotopic (exact) mass is 357 g/mol. The van der Waals surface area contributed by atoms with Crippen molar-refractivity contribution in [3.8, 4) is 5.75 Å². The Labute approximate surface area is 152 Å². The Bertz CT molecular complexity index is 698. The van der Waals surface area contributed by atoms with Crippen LogP contribution in [-0.2, 0) is 22.6 Å². The largest absolute Gasteiger partial charge is 0.489 e. The number of rotatable bonds is 8. The molecule has 1 aliphatic carbocycles. The smallest absolute Gasteiger partial charge is 0.305 e. The first-order valence-electron chi connectivity index (χ1n) is 8.63. The van der Waals surface area contributed by atoms with Crippen molar-refractivity contribution in [3.05, 3.63) is 53.7 Å². The maximum Gasteiger partial charge on any atom is 0.305 e. The van der Waals surface area contributed by atoms with Crippen molar-refractivity contribution >= 4 is 17.7 Å². The minimum Gasteiger partial charge on any atom is -0.489 e. The Hall–Kier alpha value is -2.01. The minimum atomic E-state index is -0.187. The highest BCUT2D eigenvalue weighted by Crippen LogP contribution is 2.36. The molecule has 5 heteroatoms. The third-order valence-electron chi connectivity index (χ3n) is 4.34. The van der Waals surface area contributed by atoms with E-state index in [2.05, 4.69) is 15.8 Å². The van der Waals surface area contributed by atoms with E-state index in [9.17, 15) is 4.79 Å². The van der Waals surface area contributed by atoms with Gasteiger partial charge in [-0.2, -0.15) is 0 Å². The Kier molecular flexibility index (Phi) is 6.34. The van der Waals surface area contributed by atoms with Crippen LogP contribution in [0.4, 0.5) is 0 Å². The van der Waals surface area contributed by atoms with E-state index in [1.54, 1.807) is 0 Å². The number of aromatic nitrogens is 1. The molecule has 0 saturated heterocycles. The predicted molar refractivity (Wildman–Crippen MR) is 98.8 cm³/mol. The summed E-state index contributed by atoms with van der Waals surface area (Å²) in [7, 11) is 1.41. The van der Waals surface area contributed by atoms with Gasteiger partial charge in [0.15, 0.2) is 0 Å². The van der Waals surface area contributed by atoms with Crippen molar-refractivity contribution in [2.45, 2.75) is 49.0 Å². The molecule has 0 bridgehead atoms. The van der Waals surface area contributed by atoms with Crippen molar-refractivity contribution in [1.29, 1.82) is 0 Å². The van der Waals surface area contributed by atoms with Crippen LogP contribution in [-0.4, -0.2) is 23.3 Å². The molecule has 0 amide bonds. The molecule has 0 atom stereocenters. The maximum absolute atomic E-state index is 11.2. The first-order valence-corrected chi connectivity index (χ1v) is 9.51. The molecule has 132 valence electrons. The highest BCUT2D eigenvalue weighted by molar-refractivity contribution is 8.00. The second-order valence-corrected chi connectivity index (χ2v) is 7.44. The minimum absolute atomic E-state index is 0.187. The van der Waals surface area contributed by atoms with Gasteiger partial charge in [0.25, 0.3) is 0 Å². The number of carbonyl (C=O) groups is 1. The van der Waals surface area contributed by atoms with Crippen molar-refractivity contribution in [2.24, 2.45) is 0 Å². The van der Waals surface area contributed by atoms with E-state index in [1.807, 2.05) is 48.3 Å². The molecule has 1 fully saturated rings. The number of pyridine rings is 1. The zero-order chi connectivity index (χ0) is 17.5. The molecule has 1 aliphatic rings. The summed E-state index contributed by atoms with van der Waals surface area (Å²) in [5, 5.41) is 1.80. The number of benzene rings is 1. The molecule has 1 saturated carbocycles. The highest BCUT2D eigenvalue weighted by atomic mass is 32.2. The lowest BCUT2D eigenvalue weighted by Gasteiger charge is -2.24. The molecule has 0 spiro atoms. The molecule has 0 N–H and O–H groups in total. The fraction of sp³-hybridized carbons (Fsp3) is 0.400. The van der Waals surface area contributed by atoms with Crippen molar-refractivity contribution < 1.29 is 14.3 Å². The average Bonchev–Trinajstić information content (AvgIpc) is 2.62. The number of esters is 1. The molecule has 2 aromatic rings. The van der Waals surface area contributed by atoms with Gasteiger partial charge >= 0.3 is 5.97 Å². The average molecular weight is 357 g/mol. The maximum atomic E-state index is 11.2. The second-order valence-electron chi connectivity index (χ2n) is 6.15. The normalized spacial score (nSPS) is 14.0. The van der Waals surface area contributed by atoms with Gasteiger partial charge in [0.2, 0.25) is 0 Å². The van der Waals surface area contributed by atoms with Crippen LogP contribution in [0.5, 0.6) is 5.75 Å². The summed E-state index contributed by atoms with van der Waals surface area (Å²) in [5.74, 6) is 0.638. The quantitative estimate of drug-likeness (QED) is 0.655. The van der Waals surface area contributed by atoms with E-state index in [4.69, 9.17) is 4.74 Å². The van der Waals surface area contributed by atoms with E-state index in [1.165, 1.54) is 26.4 Å². The number of ether oxygens (including phenoxy) is 2. The fourth-order valence-electron chi connectivity index (χ4n) is 2.55. The first-order chi connectivity index (χ1) is 12.2. The van der Waals surface area contributed by atoms with E-state index in [-0.39, 0.29) is 5.97 Å². The van der Waals surface area contributed by atoms with Crippen molar-refractivity contribution in [2.75, 3.05) is 7.11 Å². The Balaban J connectivity index is 1.54. The van der Waals surface area contributed by atoms with Gasteiger partial charge in [-0.15, -0.1) is 11.8 Å². The Morgan fingerprint density at radius 1 is 1.24 bits per heavy atom. The summed E-state index contributed by atoms with van der Waals surface area (Å²) in [6.07, 6.45) is 6.83. The van der Waals surface area contributed by atoms with Crippen LogP contribution < -0.4 is 4.74 Å². The van der Waals surface area contributed by atoms with Crippen LogP contribution in [0, 0.1) is 0 Å². The zero-order valence-corrected chi connectivity index (χ0v) is 15.3. The van der Waals surface area contributed by atoms with E-state index in [0.29, 0.717) is 24.7 Å². The number of methoxy groups -OCH3 is 1. The lowest BCUT2D eigenvalue weighted by molar-refractivity contribution is -0.140. The van der Waals surface area contributed by atoms with Crippen LogP contribution >= 0.6 is 11.8 Å². The van der Waals surface area contributed by atoms with Crippen LogP contribution in [0.1, 0.15) is 36.8 Å². The van der Waals surface area contributed by atoms with Crippen molar-refractivity contribution in [1.82, 2.24) is 4.98 Å². The molecule has 0 aliphatic heterocycles. The van der Waals surface area contributed by atoms with Gasteiger partial charge in [-0.3, -0.25) is 4.79 Å². The summed E-state index contributed by atoms with van der Waals surface area (Å²) in [6.45, 7) is 0.518. The molecule has 3 rings (SSSR count). The lowest BCUT2D eigenvalue weighted by Crippen LogP contribution is -2.13. The summed E-state index contributed by atoms with van der Waals surface area (Å²) in [5.41, 5.74) is 2.23. The van der Waals surface area contributed by atoms with E-state index < -0.39 is 0 Å². The molecule has 4 nitrogen and oxygen atoms in total. The summed E-state index contributed by atoms with van der Waals surface area (Å²) >= 11 is 1.87. The van der Waals surface area contributed by atoms with Gasteiger partial charge in [-0.05, 0) is 43.0 Å². The predicted octanol–water partition coefficient (Wildman–Crippen LogP) is 4.41. The lowest BCUT2D eigenvalue weighted by atomic mass is 10.0. The molecular formula is C20H23NO3S. The fourth-order valence-corrected chi connectivity index (χ4v) is 3.83. The third-order valence-corrected chi connectivity index (χ3v) is 5.74. The highest BCUT2D eigenvalue weighted by Gasteiger charge is 2.20. The number of carbonyl (C=O) groups excluding carboxylic acids is 1. The number of nitrogens with zero attached hydrogens (tertiary/aromatic N) is 1. The van der Waals surface area contributed by atoms with Crippen LogP contribution in [0.15, 0.2) is 47.6 Å². The van der Waals surface area contributed by atoms with Gasteiger partial charge in [-0.1, -0.05) is 24.6 Å². The molecule has 1 aromatic carbocycles. The van der Waals surface area contributed by atoms with Crippen LogP contribution in [0.25, 0.3) is 0 Å². The SMILES string of the molecule is COC(=O)CCc1ccc(OCc2cccnc2SC2CCC2)cc1. The summed E-state index contributed by atoms with van der Waals surface area (Å²) in [6, 6.07) is 11.9. The Morgan fingerprint density at radius 2 is 2.04 bits per heavy atom. The molecule has 0 unspecified atom stereocenters. The standard InChI is InChI=1S/C20H23NO3S/c1-23-19(22)12-9-15-7-10-17(11-8-15)24-14-16-4-3-13-21-20(16)25-18-5-2-6-18/h3-4,7-8,10-11,13,18H,2,5-6,9,12,14H2,1H3. The third kappa shape index (κ3) is 5.23. The topological polar surface area (TPSA) is 48.4 Å². The van der Waals surface area contributed by atoms with Crippen LogP contribution in [0.2, 0.25) is 0 Å².